The first kappa shape index (κ1) is 33.9. The Labute approximate surface area is 261 Å². The highest BCUT2D eigenvalue weighted by molar-refractivity contribution is 7.92. The summed E-state index contributed by atoms with van der Waals surface area (Å²) >= 11 is 6.50. The maximum absolute atomic E-state index is 14.0. The van der Waals surface area contributed by atoms with Crippen LogP contribution in [0.25, 0.3) is 0 Å². The van der Waals surface area contributed by atoms with Crippen LogP contribution in [0.4, 0.5) is 5.69 Å². The second kappa shape index (κ2) is 16.3. The van der Waals surface area contributed by atoms with Gasteiger partial charge in [-0.3, -0.25) is 13.9 Å². The average Bonchev–Trinajstić information content (AvgIpc) is 2.98. The molecule has 0 aliphatic carbocycles. The Kier molecular flexibility index (Phi) is 12.9. The molecule has 0 aliphatic heterocycles. The highest BCUT2D eigenvalue weighted by Gasteiger charge is 2.31. The van der Waals surface area contributed by atoms with Crippen LogP contribution in [0.1, 0.15) is 51.2 Å². The van der Waals surface area contributed by atoms with Crippen molar-refractivity contribution < 1.29 is 22.7 Å². The van der Waals surface area contributed by atoms with E-state index in [-0.39, 0.29) is 43.8 Å². The van der Waals surface area contributed by atoms with Gasteiger partial charge >= 0.3 is 0 Å². The van der Waals surface area contributed by atoms with Crippen molar-refractivity contribution in [3.05, 3.63) is 95.0 Å². The molecule has 10 heteroatoms. The van der Waals surface area contributed by atoms with E-state index in [2.05, 4.69) is 5.32 Å². The molecule has 0 unspecified atom stereocenters. The summed E-state index contributed by atoms with van der Waals surface area (Å²) in [7, 11) is -3.62. The van der Waals surface area contributed by atoms with Crippen molar-refractivity contribution in [3.63, 3.8) is 0 Å². The molecule has 0 fully saturated rings. The summed E-state index contributed by atoms with van der Waals surface area (Å²) in [6, 6.07) is 22.8. The molecule has 2 amide bonds. The summed E-state index contributed by atoms with van der Waals surface area (Å²) in [6.07, 6.45) is 2.50. The standard InChI is InChI=1S/C33H42ClN3O5S/c1-5-25(3)35-33(39)31(23-26-13-8-7-9-14-26)36(24-27-15-10-11-16-30(27)34)32(38)17-12-22-37(43(4,40)41)28-18-20-29(21-19-28)42-6-2/h7-11,13-16,18-21,25,31H,5-6,12,17,22-24H2,1-4H3,(H,35,39)/t25-,31-/m1/s1. The quantitative estimate of drug-likeness (QED) is 0.215. The van der Waals surface area contributed by atoms with Crippen LogP contribution < -0.4 is 14.4 Å². The van der Waals surface area contributed by atoms with E-state index >= 15 is 0 Å². The Bertz CT molecular complexity index is 1430. The molecule has 3 aromatic carbocycles. The van der Waals surface area contributed by atoms with Gasteiger partial charge in [0.2, 0.25) is 21.8 Å². The number of carbonyl (C=O) groups excluding carboxylic acids is 2. The number of sulfonamides is 1. The first-order valence-electron chi connectivity index (χ1n) is 14.6. The van der Waals surface area contributed by atoms with Crippen molar-refractivity contribution in [3.8, 4) is 5.75 Å². The highest BCUT2D eigenvalue weighted by Crippen LogP contribution is 2.24. The number of ether oxygens (including phenoxy) is 1. The molecule has 3 rings (SSSR count). The first-order chi connectivity index (χ1) is 20.5. The lowest BCUT2D eigenvalue weighted by molar-refractivity contribution is -0.141. The minimum atomic E-state index is -3.62. The molecule has 2 atom stereocenters. The molecule has 3 aromatic rings. The van der Waals surface area contributed by atoms with E-state index in [0.717, 1.165) is 23.8 Å². The number of nitrogens with one attached hydrogen (secondary N) is 1. The van der Waals surface area contributed by atoms with Crippen LogP contribution in [-0.2, 0) is 32.6 Å². The van der Waals surface area contributed by atoms with Gasteiger partial charge in [-0.2, -0.15) is 0 Å². The minimum Gasteiger partial charge on any atom is -0.494 e. The molecule has 0 radical (unpaired) electrons. The molecule has 8 nitrogen and oxygen atoms in total. The van der Waals surface area contributed by atoms with E-state index in [1.807, 2.05) is 69.3 Å². The number of hydrogen-bond acceptors (Lipinski definition) is 5. The molecule has 0 spiro atoms. The van der Waals surface area contributed by atoms with Gasteiger partial charge in [-0.1, -0.05) is 67.1 Å². The molecule has 0 bridgehead atoms. The summed E-state index contributed by atoms with van der Waals surface area (Å²) in [4.78, 5) is 29.2. The van der Waals surface area contributed by atoms with Gasteiger partial charge in [-0.15, -0.1) is 0 Å². The second-order valence-corrected chi connectivity index (χ2v) is 12.8. The fourth-order valence-corrected chi connectivity index (χ4v) is 5.85. The lowest BCUT2D eigenvalue weighted by Crippen LogP contribution is -2.52. The van der Waals surface area contributed by atoms with Gasteiger partial charge in [0.15, 0.2) is 0 Å². The van der Waals surface area contributed by atoms with Crippen LogP contribution in [0.5, 0.6) is 5.75 Å². The number of benzene rings is 3. The molecule has 0 aliphatic rings. The molecule has 0 aromatic heterocycles. The number of halogens is 1. The first-order valence-corrected chi connectivity index (χ1v) is 16.8. The van der Waals surface area contributed by atoms with E-state index in [1.54, 1.807) is 35.2 Å². The van der Waals surface area contributed by atoms with Crippen molar-refractivity contribution >= 4 is 39.1 Å². The van der Waals surface area contributed by atoms with Gasteiger partial charge in [0.05, 0.1) is 18.6 Å². The number of hydrogen-bond donors (Lipinski definition) is 1. The smallest absolute Gasteiger partial charge is 0.243 e. The van der Waals surface area contributed by atoms with Gasteiger partial charge in [0.1, 0.15) is 11.8 Å². The number of nitrogens with zero attached hydrogens (tertiary/aromatic N) is 2. The van der Waals surface area contributed by atoms with Gasteiger partial charge in [-0.25, -0.2) is 8.42 Å². The van der Waals surface area contributed by atoms with Crippen molar-refractivity contribution in [1.82, 2.24) is 10.2 Å². The van der Waals surface area contributed by atoms with E-state index in [1.165, 1.54) is 4.31 Å². The predicted octanol–water partition coefficient (Wildman–Crippen LogP) is 5.84. The van der Waals surface area contributed by atoms with E-state index in [0.29, 0.717) is 29.5 Å². The summed E-state index contributed by atoms with van der Waals surface area (Å²) < 4.78 is 32.1. The van der Waals surface area contributed by atoms with Crippen molar-refractivity contribution in [2.75, 3.05) is 23.7 Å². The van der Waals surface area contributed by atoms with Crippen LogP contribution in [0.2, 0.25) is 5.02 Å². The van der Waals surface area contributed by atoms with Gasteiger partial charge < -0.3 is 15.0 Å². The SMILES string of the molecule is CCOc1ccc(N(CCCC(=O)N(Cc2ccccc2Cl)[C@H](Cc2ccccc2)C(=O)N[C@H](C)CC)S(C)(=O)=O)cc1. The van der Waals surface area contributed by atoms with Gasteiger partial charge in [0.25, 0.3) is 0 Å². The fourth-order valence-electron chi connectivity index (χ4n) is 4.68. The predicted molar refractivity (Wildman–Crippen MR) is 173 cm³/mol. The lowest BCUT2D eigenvalue weighted by atomic mass is 10.0. The molecule has 1 N–H and O–H groups in total. The van der Waals surface area contributed by atoms with E-state index in [4.69, 9.17) is 16.3 Å². The zero-order chi connectivity index (χ0) is 31.4. The topological polar surface area (TPSA) is 96.0 Å². The van der Waals surface area contributed by atoms with E-state index in [9.17, 15) is 18.0 Å². The Morgan fingerprint density at radius 2 is 1.60 bits per heavy atom. The van der Waals surface area contributed by atoms with Gasteiger partial charge in [0, 0.05) is 37.0 Å². The summed E-state index contributed by atoms with van der Waals surface area (Å²) in [6.45, 7) is 6.53. The summed E-state index contributed by atoms with van der Waals surface area (Å²) in [5, 5.41) is 3.55. The van der Waals surface area contributed by atoms with Gasteiger partial charge in [-0.05, 0) is 68.1 Å². The normalized spacial score (nSPS) is 12.7. The third kappa shape index (κ3) is 10.3. The Hall–Kier alpha value is -3.56. The Morgan fingerprint density at radius 3 is 2.21 bits per heavy atom. The average molecular weight is 628 g/mol. The number of carbonyl (C=O) groups is 2. The maximum atomic E-state index is 14.0. The number of rotatable bonds is 16. The number of anilines is 1. The van der Waals surface area contributed by atoms with Crippen LogP contribution in [-0.4, -0.2) is 56.6 Å². The molecule has 43 heavy (non-hydrogen) atoms. The zero-order valence-corrected chi connectivity index (χ0v) is 26.9. The third-order valence-electron chi connectivity index (χ3n) is 7.16. The minimum absolute atomic E-state index is 0.0371. The van der Waals surface area contributed by atoms with Crippen molar-refractivity contribution in [2.45, 2.75) is 65.1 Å². The zero-order valence-electron chi connectivity index (χ0n) is 25.3. The summed E-state index contributed by atoms with van der Waals surface area (Å²) in [5.74, 6) is 0.135. The molecule has 232 valence electrons. The highest BCUT2D eigenvalue weighted by atomic mass is 35.5. The van der Waals surface area contributed by atoms with Crippen LogP contribution in [0.15, 0.2) is 78.9 Å². The van der Waals surface area contributed by atoms with Crippen molar-refractivity contribution in [2.24, 2.45) is 0 Å². The van der Waals surface area contributed by atoms with Crippen LogP contribution in [0.3, 0.4) is 0 Å². The second-order valence-electron chi connectivity index (χ2n) is 10.5. The molecule has 0 saturated carbocycles. The monoisotopic (exact) mass is 627 g/mol. The Morgan fingerprint density at radius 1 is 0.953 bits per heavy atom. The molecular weight excluding hydrogens is 586 g/mol. The summed E-state index contributed by atoms with van der Waals surface area (Å²) in [5.41, 5.74) is 2.13. The maximum Gasteiger partial charge on any atom is 0.243 e. The van der Waals surface area contributed by atoms with Crippen LogP contribution >= 0.6 is 11.6 Å². The van der Waals surface area contributed by atoms with E-state index < -0.39 is 16.1 Å². The molecular formula is C33H42ClN3O5S. The van der Waals surface area contributed by atoms with Crippen LogP contribution in [0, 0.1) is 0 Å². The van der Waals surface area contributed by atoms with Crippen molar-refractivity contribution in [1.29, 1.82) is 0 Å². The Balaban J connectivity index is 1.88. The fraction of sp³-hybridized carbons (Fsp3) is 0.394. The molecule has 0 saturated heterocycles. The number of amides is 2. The lowest BCUT2D eigenvalue weighted by Gasteiger charge is -2.33. The third-order valence-corrected chi connectivity index (χ3v) is 8.72. The largest absolute Gasteiger partial charge is 0.494 e. The molecule has 0 heterocycles.